The van der Waals surface area contributed by atoms with Gasteiger partial charge in [-0.1, -0.05) is 19.9 Å². The minimum atomic E-state index is -1.17. The molecule has 1 rings (SSSR count). The van der Waals surface area contributed by atoms with Gasteiger partial charge in [-0.2, -0.15) is 0 Å². The van der Waals surface area contributed by atoms with Crippen LogP contribution in [-0.4, -0.2) is 17.7 Å². The van der Waals surface area contributed by atoms with E-state index in [2.05, 4.69) is 5.32 Å². The molecule has 16 heavy (non-hydrogen) atoms. The summed E-state index contributed by atoms with van der Waals surface area (Å²) >= 11 is 0. The van der Waals surface area contributed by atoms with Crippen molar-refractivity contribution in [3.05, 3.63) is 35.4 Å². The van der Waals surface area contributed by atoms with Crippen molar-refractivity contribution in [1.29, 1.82) is 0 Å². The number of hydrogen-bond acceptors (Lipinski definition) is 1. The van der Waals surface area contributed by atoms with Gasteiger partial charge in [-0.15, -0.1) is 0 Å². The predicted molar refractivity (Wildman–Crippen MR) is 55.4 cm³/mol. The first-order valence-corrected chi connectivity index (χ1v) is 4.75. The monoisotopic (exact) mass is 229 g/mol. The molecule has 0 bridgehead atoms. The molecule has 3 nitrogen and oxygen atoms in total. The topological polar surface area (TPSA) is 49.3 Å². The Kier molecular flexibility index (Phi) is 3.47. The zero-order chi connectivity index (χ0) is 12.3. The maximum atomic E-state index is 13.5. The predicted octanol–water partition coefficient (Wildman–Crippen LogP) is 2.51. The summed E-state index contributed by atoms with van der Waals surface area (Å²) < 4.78 is 26.2. The van der Waals surface area contributed by atoms with Gasteiger partial charge >= 0.3 is 6.09 Å². The molecule has 0 saturated carbocycles. The van der Waals surface area contributed by atoms with Crippen LogP contribution in [0.3, 0.4) is 0 Å². The molecule has 0 radical (unpaired) electrons. The summed E-state index contributed by atoms with van der Waals surface area (Å²) in [5.41, 5.74) is -0.446. The fourth-order valence-electron chi connectivity index (χ4n) is 1.43. The molecule has 0 aromatic heterocycles. The highest BCUT2D eigenvalue weighted by molar-refractivity contribution is 5.64. The average Bonchev–Trinajstić information content (AvgIpc) is 2.14. The Morgan fingerprint density at radius 2 is 2.06 bits per heavy atom. The largest absolute Gasteiger partial charge is 0.465 e. The Balaban J connectivity index is 2.92. The molecule has 1 amide bonds. The Morgan fingerprint density at radius 3 is 2.56 bits per heavy atom. The molecule has 88 valence electrons. The summed E-state index contributed by atoms with van der Waals surface area (Å²) in [6, 6.07) is 3.27. The Morgan fingerprint density at radius 1 is 1.44 bits per heavy atom. The van der Waals surface area contributed by atoms with E-state index < -0.39 is 23.1 Å². The summed E-state index contributed by atoms with van der Waals surface area (Å²) in [5, 5.41) is 10.7. The molecule has 0 heterocycles. The minimum Gasteiger partial charge on any atom is -0.465 e. The van der Waals surface area contributed by atoms with Gasteiger partial charge in [0.2, 0.25) is 0 Å². The first-order chi connectivity index (χ1) is 7.33. The van der Waals surface area contributed by atoms with Crippen molar-refractivity contribution in [2.24, 2.45) is 0 Å². The molecule has 0 aliphatic heterocycles. The third kappa shape index (κ3) is 2.92. The van der Waals surface area contributed by atoms with Crippen LogP contribution in [0.5, 0.6) is 0 Å². The number of halogens is 2. The summed E-state index contributed by atoms with van der Waals surface area (Å²) in [6.07, 6.45) is -1.17. The molecule has 2 N–H and O–H groups in total. The SMILES string of the molecule is CC(C)(CNC(=O)O)c1ccc(F)cc1F. The molecule has 0 aliphatic rings. The number of carboxylic acid groups (broad SMARTS) is 1. The van der Waals surface area contributed by atoms with Crippen molar-refractivity contribution in [2.45, 2.75) is 19.3 Å². The van der Waals surface area contributed by atoms with Gasteiger partial charge in [-0.3, -0.25) is 0 Å². The van der Waals surface area contributed by atoms with Gasteiger partial charge in [0, 0.05) is 18.0 Å². The second kappa shape index (κ2) is 4.47. The van der Waals surface area contributed by atoms with E-state index in [9.17, 15) is 13.6 Å². The van der Waals surface area contributed by atoms with Gasteiger partial charge in [0.25, 0.3) is 0 Å². The Labute approximate surface area is 92.1 Å². The van der Waals surface area contributed by atoms with Crippen LogP contribution in [0.15, 0.2) is 18.2 Å². The molecule has 1 aromatic carbocycles. The molecule has 5 heteroatoms. The molecular formula is C11H13F2NO2. The van der Waals surface area contributed by atoms with Crippen LogP contribution in [0.2, 0.25) is 0 Å². The van der Waals surface area contributed by atoms with Crippen molar-refractivity contribution in [1.82, 2.24) is 5.32 Å². The van der Waals surface area contributed by atoms with Crippen LogP contribution in [0.1, 0.15) is 19.4 Å². The average molecular weight is 229 g/mol. The smallest absolute Gasteiger partial charge is 0.404 e. The highest BCUT2D eigenvalue weighted by Crippen LogP contribution is 2.25. The van der Waals surface area contributed by atoms with Crippen molar-refractivity contribution in [3.63, 3.8) is 0 Å². The van der Waals surface area contributed by atoms with Crippen LogP contribution in [0.25, 0.3) is 0 Å². The quantitative estimate of drug-likeness (QED) is 0.836. The molecule has 1 aromatic rings. The van der Waals surface area contributed by atoms with Gasteiger partial charge in [0.15, 0.2) is 0 Å². The lowest BCUT2D eigenvalue weighted by Gasteiger charge is -2.25. The van der Waals surface area contributed by atoms with Crippen molar-refractivity contribution in [2.75, 3.05) is 6.54 Å². The van der Waals surface area contributed by atoms with Crippen LogP contribution < -0.4 is 5.32 Å². The standard InChI is InChI=1S/C11H13F2NO2/c1-11(2,6-14-10(15)16)8-4-3-7(12)5-9(8)13/h3-5,14H,6H2,1-2H3,(H,15,16). The molecule has 0 saturated heterocycles. The molecule has 0 spiro atoms. The summed E-state index contributed by atoms with van der Waals surface area (Å²) in [7, 11) is 0. The van der Waals surface area contributed by atoms with E-state index in [1.807, 2.05) is 0 Å². The number of carbonyl (C=O) groups is 1. The van der Waals surface area contributed by atoms with Gasteiger partial charge in [0.1, 0.15) is 11.6 Å². The van der Waals surface area contributed by atoms with E-state index in [-0.39, 0.29) is 12.1 Å². The third-order valence-corrected chi connectivity index (χ3v) is 2.34. The maximum absolute atomic E-state index is 13.5. The van der Waals surface area contributed by atoms with Gasteiger partial charge in [0.05, 0.1) is 0 Å². The first kappa shape index (κ1) is 12.4. The second-order valence-corrected chi connectivity index (χ2v) is 4.17. The van der Waals surface area contributed by atoms with Crippen LogP contribution in [0.4, 0.5) is 13.6 Å². The van der Waals surface area contributed by atoms with Gasteiger partial charge in [-0.05, 0) is 11.6 Å². The van der Waals surface area contributed by atoms with Gasteiger partial charge in [-0.25, -0.2) is 13.6 Å². The van der Waals surface area contributed by atoms with Crippen LogP contribution in [-0.2, 0) is 5.41 Å². The van der Waals surface area contributed by atoms with Gasteiger partial charge < -0.3 is 10.4 Å². The molecule has 0 aliphatic carbocycles. The second-order valence-electron chi connectivity index (χ2n) is 4.17. The molecule has 0 fully saturated rings. The van der Waals surface area contributed by atoms with E-state index in [0.29, 0.717) is 0 Å². The summed E-state index contributed by atoms with van der Waals surface area (Å²) in [6.45, 7) is 3.42. The fraction of sp³-hybridized carbons (Fsp3) is 0.364. The van der Waals surface area contributed by atoms with Crippen LogP contribution in [0, 0.1) is 11.6 Å². The highest BCUT2D eigenvalue weighted by atomic mass is 19.1. The van der Waals surface area contributed by atoms with E-state index in [4.69, 9.17) is 5.11 Å². The third-order valence-electron chi connectivity index (χ3n) is 2.34. The zero-order valence-electron chi connectivity index (χ0n) is 9.05. The number of amides is 1. The van der Waals surface area contributed by atoms with Crippen molar-refractivity contribution in [3.8, 4) is 0 Å². The molecule has 0 unspecified atom stereocenters. The highest BCUT2D eigenvalue weighted by Gasteiger charge is 2.24. The lowest BCUT2D eigenvalue weighted by atomic mass is 9.84. The van der Waals surface area contributed by atoms with Crippen molar-refractivity contribution >= 4 is 6.09 Å². The van der Waals surface area contributed by atoms with E-state index in [1.54, 1.807) is 13.8 Å². The Bertz CT molecular complexity index is 405. The fourth-order valence-corrected chi connectivity index (χ4v) is 1.43. The zero-order valence-corrected chi connectivity index (χ0v) is 9.05. The van der Waals surface area contributed by atoms with E-state index >= 15 is 0 Å². The molecular weight excluding hydrogens is 216 g/mol. The number of hydrogen-bond donors (Lipinski definition) is 2. The lowest BCUT2D eigenvalue weighted by molar-refractivity contribution is 0.191. The maximum Gasteiger partial charge on any atom is 0.404 e. The van der Waals surface area contributed by atoms with E-state index in [0.717, 1.165) is 12.1 Å². The summed E-state index contributed by atoms with van der Waals surface area (Å²) in [4.78, 5) is 10.4. The number of nitrogens with one attached hydrogen (secondary N) is 1. The van der Waals surface area contributed by atoms with Crippen LogP contribution >= 0.6 is 0 Å². The minimum absolute atomic E-state index is 0.0604. The lowest BCUT2D eigenvalue weighted by Crippen LogP contribution is -2.36. The molecule has 0 atom stereocenters. The van der Waals surface area contributed by atoms with Crippen molar-refractivity contribution < 1.29 is 18.7 Å². The summed E-state index contributed by atoms with van der Waals surface area (Å²) in [5.74, 6) is -1.32. The number of benzene rings is 1. The van der Waals surface area contributed by atoms with E-state index in [1.165, 1.54) is 6.07 Å². The normalized spacial score (nSPS) is 11.2. The number of rotatable bonds is 3. The first-order valence-electron chi connectivity index (χ1n) is 4.75. The Hall–Kier alpha value is -1.65.